The number of alkyl halides is 1. The largest absolute Gasteiger partial charge is 0.310 e. The van der Waals surface area contributed by atoms with E-state index in [1.165, 1.54) is 0 Å². The highest BCUT2D eigenvalue weighted by Crippen LogP contribution is 1.94. The van der Waals surface area contributed by atoms with Gasteiger partial charge in [0.25, 0.3) is 0 Å². The molecule has 0 aromatic rings. The first-order chi connectivity index (χ1) is 4.70. The first-order valence-electron chi connectivity index (χ1n) is 3.26. The van der Waals surface area contributed by atoms with Crippen molar-refractivity contribution >= 4 is 27.5 Å². The zero-order valence-corrected chi connectivity index (χ0v) is 8.67. The molecule has 0 saturated carbocycles. The van der Waals surface area contributed by atoms with E-state index in [0.717, 1.165) is 17.4 Å². The first kappa shape index (κ1) is 10.5. The summed E-state index contributed by atoms with van der Waals surface area (Å²) in [5, 5.41) is 4.26. The van der Waals surface area contributed by atoms with Gasteiger partial charge in [0.05, 0.1) is 0 Å². The second-order valence-corrected chi connectivity index (χ2v) is 3.26. The van der Waals surface area contributed by atoms with Crippen LogP contribution in [0.1, 0.15) is 13.8 Å². The summed E-state index contributed by atoms with van der Waals surface area (Å²) >= 11 is 8.84. The molecule has 0 spiro atoms. The van der Waals surface area contributed by atoms with E-state index in [1.54, 1.807) is 5.54 Å². The van der Waals surface area contributed by atoms with Crippen LogP contribution in [-0.2, 0) is 0 Å². The summed E-state index contributed by atoms with van der Waals surface area (Å²) < 4.78 is 0. The number of nitrogens with one attached hydrogen (secondary N) is 1. The molecule has 60 valence electrons. The molecule has 1 nitrogen and oxygen atoms in total. The average Bonchev–Trinajstić information content (AvgIpc) is 1.99. The van der Waals surface area contributed by atoms with E-state index >= 15 is 0 Å². The third-order valence-corrected chi connectivity index (χ3v) is 2.49. The Morgan fingerprint density at radius 3 is 2.80 bits per heavy atom. The monoisotopic (exact) mass is 225 g/mol. The van der Waals surface area contributed by atoms with Crippen molar-refractivity contribution in [1.29, 1.82) is 0 Å². The van der Waals surface area contributed by atoms with Crippen LogP contribution < -0.4 is 5.32 Å². The molecule has 0 aromatic carbocycles. The molecule has 0 heterocycles. The molecule has 0 saturated heterocycles. The molecule has 0 fully saturated rings. The van der Waals surface area contributed by atoms with Crippen LogP contribution in [0.4, 0.5) is 0 Å². The zero-order chi connectivity index (χ0) is 7.98. The maximum Gasteiger partial charge on any atom is 0.0183 e. The molecular weight excluding hydrogens is 213 g/mol. The van der Waals surface area contributed by atoms with Crippen LogP contribution >= 0.6 is 27.5 Å². The third-order valence-electron chi connectivity index (χ3n) is 1.15. The van der Waals surface area contributed by atoms with Crippen LogP contribution in [0, 0.1) is 0 Å². The van der Waals surface area contributed by atoms with Crippen molar-refractivity contribution in [3.05, 3.63) is 11.1 Å². The Labute approximate surface area is 76.0 Å². The molecule has 0 radical (unpaired) electrons. The number of rotatable bonds is 4. The van der Waals surface area contributed by atoms with Crippen LogP contribution in [0.25, 0.3) is 0 Å². The molecule has 1 unspecified atom stereocenters. The van der Waals surface area contributed by atoms with Crippen molar-refractivity contribution in [1.82, 2.24) is 5.32 Å². The van der Waals surface area contributed by atoms with E-state index in [9.17, 15) is 0 Å². The van der Waals surface area contributed by atoms with Crippen molar-refractivity contribution < 1.29 is 0 Å². The van der Waals surface area contributed by atoms with Crippen molar-refractivity contribution in [2.24, 2.45) is 0 Å². The highest BCUT2D eigenvalue weighted by Gasteiger charge is 1.96. The van der Waals surface area contributed by atoms with Crippen LogP contribution in [0.5, 0.6) is 0 Å². The fraction of sp³-hybridized carbons (Fsp3) is 0.714. The van der Waals surface area contributed by atoms with E-state index in [4.69, 9.17) is 11.6 Å². The topological polar surface area (TPSA) is 12.0 Å². The highest BCUT2D eigenvalue weighted by molar-refractivity contribution is 9.09. The molecule has 10 heavy (non-hydrogen) atoms. The van der Waals surface area contributed by atoms with Gasteiger partial charge in [-0.1, -0.05) is 27.5 Å². The predicted octanol–water partition coefficient (Wildman–Crippen LogP) is 2.50. The molecular formula is C7H13BrClN. The molecule has 0 aliphatic heterocycles. The van der Waals surface area contributed by atoms with Crippen molar-refractivity contribution in [2.75, 3.05) is 11.9 Å². The Hall–Kier alpha value is 0.470. The summed E-state index contributed by atoms with van der Waals surface area (Å²) in [5.41, 5.74) is 2.77. The Kier molecular flexibility index (Phi) is 6.49. The fourth-order valence-corrected chi connectivity index (χ4v) is 0.734. The minimum absolute atomic E-state index is 0.506. The van der Waals surface area contributed by atoms with Crippen molar-refractivity contribution in [2.45, 2.75) is 19.9 Å². The van der Waals surface area contributed by atoms with E-state index in [-0.39, 0.29) is 0 Å². The summed E-state index contributed by atoms with van der Waals surface area (Å²) in [7, 11) is 0. The van der Waals surface area contributed by atoms with Crippen molar-refractivity contribution in [3.8, 4) is 0 Å². The van der Waals surface area contributed by atoms with Gasteiger partial charge in [-0.25, -0.2) is 0 Å². The summed E-state index contributed by atoms with van der Waals surface area (Å²) in [4.78, 5) is 0. The first-order valence-corrected chi connectivity index (χ1v) is 4.81. The quantitative estimate of drug-likeness (QED) is 0.727. The second-order valence-electron chi connectivity index (χ2n) is 2.39. The Balaban J connectivity index is 3.35. The Morgan fingerprint density at radius 2 is 2.40 bits per heavy atom. The molecule has 0 aliphatic rings. The Bertz CT molecular complexity index is 114. The van der Waals surface area contributed by atoms with Gasteiger partial charge in [-0.3, -0.25) is 0 Å². The minimum atomic E-state index is 0.506. The summed E-state index contributed by atoms with van der Waals surface area (Å²) in [6, 6.07) is 0.506. The van der Waals surface area contributed by atoms with Crippen LogP contribution in [0.15, 0.2) is 11.1 Å². The van der Waals surface area contributed by atoms with Crippen LogP contribution in [0.3, 0.4) is 0 Å². The van der Waals surface area contributed by atoms with Gasteiger partial charge in [-0.2, -0.15) is 0 Å². The normalized spacial score (nSPS) is 15.4. The number of hydrogen-bond acceptors (Lipinski definition) is 1. The van der Waals surface area contributed by atoms with Gasteiger partial charge >= 0.3 is 0 Å². The summed E-state index contributed by atoms with van der Waals surface area (Å²) in [5.74, 6) is 0. The molecule has 0 amide bonds. The van der Waals surface area contributed by atoms with Crippen LogP contribution in [-0.4, -0.2) is 17.9 Å². The lowest BCUT2D eigenvalue weighted by Crippen LogP contribution is -2.28. The lowest BCUT2D eigenvalue weighted by Gasteiger charge is -2.09. The van der Waals surface area contributed by atoms with Gasteiger partial charge in [-0.15, -0.1) is 0 Å². The maximum absolute atomic E-state index is 5.46. The number of halogens is 2. The fourth-order valence-electron chi connectivity index (χ4n) is 0.428. The van der Waals surface area contributed by atoms with Gasteiger partial charge in [0.15, 0.2) is 0 Å². The zero-order valence-electron chi connectivity index (χ0n) is 6.32. The van der Waals surface area contributed by atoms with E-state index in [2.05, 4.69) is 28.2 Å². The maximum atomic E-state index is 5.46. The standard InChI is InChI=1S/C7H13BrClN/c1-6(4-9)5-10-7(2)3-8/h4,7,10H,3,5H2,1-2H3. The van der Waals surface area contributed by atoms with Gasteiger partial charge in [0.1, 0.15) is 0 Å². The lowest BCUT2D eigenvalue weighted by atomic mass is 10.3. The van der Waals surface area contributed by atoms with Crippen LogP contribution in [0.2, 0.25) is 0 Å². The second kappa shape index (κ2) is 6.20. The molecule has 0 aliphatic carbocycles. The molecule has 1 atom stereocenters. The number of hydrogen-bond donors (Lipinski definition) is 1. The third kappa shape index (κ3) is 5.27. The molecule has 0 bridgehead atoms. The smallest absolute Gasteiger partial charge is 0.0183 e. The minimum Gasteiger partial charge on any atom is -0.310 e. The molecule has 0 aromatic heterocycles. The Morgan fingerprint density at radius 1 is 1.80 bits per heavy atom. The molecule has 3 heteroatoms. The average molecular weight is 227 g/mol. The van der Waals surface area contributed by atoms with Gasteiger partial charge in [0.2, 0.25) is 0 Å². The van der Waals surface area contributed by atoms with E-state index in [0.29, 0.717) is 6.04 Å². The van der Waals surface area contributed by atoms with Gasteiger partial charge in [-0.05, 0) is 19.4 Å². The highest BCUT2D eigenvalue weighted by atomic mass is 79.9. The SMILES string of the molecule is CC(=CCl)CNC(C)CBr. The molecule has 0 rings (SSSR count). The summed E-state index contributed by atoms with van der Waals surface area (Å²) in [6.45, 7) is 4.99. The summed E-state index contributed by atoms with van der Waals surface area (Å²) in [6.07, 6.45) is 0. The lowest BCUT2D eigenvalue weighted by molar-refractivity contribution is 0.633. The van der Waals surface area contributed by atoms with Gasteiger partial charge in [0, 0.05) is 23.5 Å². The molecule has 1 N–H and O–H groups in total. The van der Waals surface area contributed by atoms with Gasteiger partial charge < -0.3 is 5.32 Å². The van der Waals surface area contributed by atoms with Crippen molar-refractivity contribution in [3.63, 3.8) is 0 Å². The van der Waals surface area contributed by atoms with E-state index in [1.807, 2.05) is 6.92 Å². The predicted molar refractivity (Wildman–Crippen MR) is 50.9 cm³/mol. The van der Waals surface area contributed by atoms with E-state index < -0.39 is 0 Å².